The van der Waals surface area contributed by atoms with E-state index in [1.165, 1.54) is 24.0 Å². The Kier molecular flexibility index (Phi) is 5.91. The summed E-state index contributed by atoms with van der Waals surface area (Å²) in [5.41, 5.74) is 0. The number of nitriles is 1. The van der Waals surface area contributed by atoms with Crippen LogP contribution >= 0.6 is 11.8 Å². The van der Waals surface area contributed by atoms with Crippen LogP contribution in [-0.2, 0) is 0 Å². The molecule has 0 saturated carbocycles. The number of thioether (sulfide) groups is 1. The van der Waals surface area contributed by atoms with Crippen LogP contribution in [0.4, 0.5) is 0 Å². The van der Waals surface area contributed by atoms with Gasteiger partial charge in [0.05, 0.1) is 12.6 Å². The van der Waals surface area contributed by atoms with Crippen LogP contribution in [0.2, 0.25) is 0 Å². The van der Waals surface area contributed by atoms with E-state index in [1.54, 1.807) is 10.8 Å². The first-order valence-corrected chi connectivity index (χ1v) is 3.07. The highest BCUT2D eigenvalue weighted by molar-refractivity contribution is 8.04. The van der Waals surface area contributed by atoms with Gasteiger partial charge in [0.1, 0.15) is 0 Å². The first-order chi connectivity index (χ1) is 4.41. The third kappa shape index (κ3) is 6.81. The molecule has 0 bridgehead atoms. The lowest BCUT2D eigenvalue weighted by atomic mass is 10.7. The molecule has 44 valence electrons. The Bertz CT molecular complexity index is 170. The predicted octanol–water partition coefficient (Wildman–Crippen LogP) is 2.15. The van der Waals surface area contributed by atoms with Crippen molar-refractivity contribution in [1.29, 1.82) is 5.26 Å². The van der Waals surface area contributed by atoms with Gasteiger partial charge in [-0.05, 0) is 10.8 Å². The number of nitrogens with zero attached hydrogens (tertiary/aromatic N) is 2. The molecule has 0 rings (SSSR count). The maximum atomic E-state index is 7.99. The van der Waals surface area contributed by atoms with Crippen LogP contribution in [0.5, 0.6) is 0 Å². The molecule has 9 heavy (non-hydrogen) atoms. The van der Waals surface area contributed by atoms with Crippen molar-refractivity contribution in [1.82, 2.24) is 0 Å². The van der Waals surface area contributed by atoms with Crippen LogP contribution < -0.4 is 0 Å². The van der Waals surface area contributed by atoms with Crippen LogP contribution in [0.15, 0.2) is 23.1 Å². The normalized spacial score (nSPS) is 9.56. The molecule has 0 amide bonds. The summed E-state index contributed by atoms with van der Waals surface area (Å²) in [5, 5.41) is 11.2. The standard InChI is InChI=1S/C6H4N2S/c1-8-4-6-9-5-2-3-7/h2,4-6H/b5-2-,6-4-. The Balaban J connectivity index is 3.35. The fourth-order valence-corrected chi connectivity index (χ4v) is 0.542. The number of hydrogen-bond donors (Lipinski definition) is 0. The Morgan fingerprint density at radius 1 is 1.56 bits per heavy atom. The molecule has 0 aliphatic rings. The summed E-state index contributed by atoms with van der Waals surface area (Å²) in [4.78, 5) is 2.97. The highest BCUT2D eigenvalue weighted by Crippen LogP contribution is 2.02. The van der Waals surface area contributed by atoms with Gasteiger partial charge in [-0.3, -0.25) is 0 Å². The van der Waals surface area contributed by atoms with Crippen molar-refractivity contribution in [3.63, 3.8) is 0 Å². The van der Waals surface area contributed by atoms with Crippen LogP contribution in [0.3, 0.4) is 0 Å². The van der Waals surface area contributed by atoms with Crippen molar-refractivity contribution in [2.75, 3.05) is 0 Å². The van der Waals surface area contributed by atoms with Crippen molar-refractivity contribution in [2.45, 2.75) is 0 Å². The molecule has 0 fully saturated rings. The van der Waals surface area contributed by atoms with Crippen LogP contribution in [-0.4, -0.2) is 0 Å². The van der Waals surface area contributed by atoms with E-state index in [0.29, 0.717) is 0 Å². The van der Waals surface area contributed by atoms with Gasteiger partial charge in [-0.15, -0.1) is 11.8 Å². The lowest BCUT2D eigenvalue weighted by molar-refractivity contribution is 1.54. The average Bonchev–Trinajstić information content (AvgIpc) is 1.89. The van der Waals surface area contributed by atoms with Crippen molar-refractivity contribution in [3.8, 4) is 6.07 Å². The molecule has 0 aromatic heterocycles. The van der Waals surface area contributed by atoms with E-state index in [1.807, 2.05) is 6.07 Å². The van der Waals surface area contributed by atoms with Gasteiger partial charge in [0.15, 0.2) is 6.20 Å². The summed E-state index contributed by atoms with van der Waals surface area (Å²) in [5.74, 6) is 0. The van der Waals surface area contributed by atoms with Gasteiger partial charge in [-0.25, -0.2) is 4.85 Å². The van der Waals surface area contributed by atoms with Gasteiger partial charge in [0.25, 0.3) is 0 Å². The van der Waals surface area contributed by atoms with Crippen molar-refractivity contribution in [3.05, 3.63) is 34.5 Å². The quantitative estimate of drug-likeness (QED) is 0.429. The highest BCUT2D eigenvalue weighted by atomic mass is 32.2. The van der Waals surface area contributed by atoms with Gasteiger partial charge in [0, 0.05) is 6.08 Å². The second-order valence-corrected chi connectivity index (χ2v) is 1.80. The van der Waals surface area contributed by atoms with Gasteiger partial charge < -0.3 is 0 Å². The summed E-state index contributed by atoms with van der Waals surface area (Å²) in [7, 11) is 0. The maximum absolute atomic E-state index is 7.99. The summed E-state index contributed by atoms with van der Waals surface area (Å²) >= 11 is 1.31. The van der Waals surface area contributed by atoms with E-state index >= 15 is 0 Å². The minimum absolute atomic E-state index is 1.31. The molecule has 0 radical (unpaired) electrons. The van der Waals surface area contributed by atoms with Gasteiger partial charge in [-0.2, -0.15) is 5.26 Å². The monoisotopic (exact) mass is 136 g/mol. The largest absolute Gasteiger partial charge is 0.245 e. The molecule has 0 N–H and O–H groups in total. The smallest absolute Gasteiger partial charge is 0.160 e. The zero-order chi connectivity index (χ0) is 6.95. The second-order valence-electron chi connectivity index (χ2n) is 0.982. The highest BCUT2D eigenvalue weighted by Gasteiger charge is 1.66. The van der Waals surface area contributed by atoms with Gasteiger partial charge in [-0.1, -0.05) is 0 Å². The summed E-state index contributed by atoms with van der Waals surface area (Å²) in [6, 6.07) is 1.83. The average molecular weight is 136 g/mol. The molecule has 3 heteroatoms. The molecule has 2 nitrogen and oxygen atoms in total. The minimum Gasteiger partial charge on any atom is -0.245 e. The second kappa shape index (κ2) is 6.81. The fourth-order valence-electron chi connectivity index (χ4n) is 0.181. The van der Waals surface area contributed by atoms with Crippen LogP contribution in [0, 0.1) is 17.9 Å². The lowest BCUT2D eigenvalue weighted by Gasteiger charge is -1.72. The Hall–Kier alpha value is -1.19. The van der Waals surface area contributed by atoms with E-state index < -0.39 is 0 Å². The Morgan fingerprint density at radius 3 is 2.89 bits per heavy atom. The van der Waals surface area contributed by atoms with E-state index in [9.17, 15) is 0 Å². The number of hydrogen-bond acceptors (Lipinski definition) is 2. The topological polar surface area (TPSA) is 28.1 Å². The molecule has 0 saturated heterocycles. The zero-order valence-electron chi connectivity index (χ0n) is 4.61. The number of rotatable bonds is 2. The molecule has 0 aromatic rings. The van der Waals surface area contributed by atoms with E-state index in [-0.39, 0.29) is 0 Å². The molecule has 0 aliphatic carbocycles. The van der Waals surface area contributed by atoms with Gasteiger partial charge in [0.2, 0.25) is 0 Å². The first-order valence-electron chi connectivity index (χ1n) is 2.13. The molecule has 0 aromatic carbocycles. The third-order valence-corrected chi connectivity index (χ3v) is 1.01. The molecule has 0 heterocycles. The summed E-state index contributed by atoms with van der Waals surface area (Å²) in [6.45, 7) is 6.32. The fraction of sp³-hybridized carbons (Fsp3) is 0. The lowest BCUT2D eigenvalue weighted by Crippen LogP contribution is -1.42. The van der Waals surface area contributed by atoms with Crippen molar-refractivity contribution < 1.29 is 0 Å². The van der Waals surface area contributed by atoms with Crippen molar-refractivity contribution >= 4 is 11.8 Å². The Morgan fingerprint density at radius 2 is 2.33 bits per heavy atom. The van der Waals surface area contributed by atoms with E-state index in [2.05, 4.69) is 4.85 Å². The van der Waals surface area contributed by atoms with E-state index in [4.69, 9.17) is 11.8 Å². The predicted molar refractivity (Wildman–Crippen MR) is 38.1 cm³/mol. The zero-order valence-corrected chi connectivity index (χ0v) is 5.43. The molecule has 0 spiro atoms. The molecule has 0 aliphatic heterocycles. The minimum atomic E-state index is 1.31. The van der Waals surface area contributed by atoms with Crippen LogP contribution in [0.25, 0.3) is 4.85 Å². The Labute approximate surface area is 58.3 Å². The SMILES string of the molecule is [C-]#[N+]/C=C\S/C=C\C#N. The molecular weight excluding hydrogens is 132 g/mol. The molecule has 0 unspecified atom stereocenters. The van der Waals surface area contributed by atoms with Crippen molar-refractivity contribution in [2.24, 2.45) is 0 Å². The first kappa shape index (κ1) is 7.81. The number of allylic oxidation sites excluding steroid dienone is 1. The summed E-state index contributed by atoms with van der Waals surface area (Å²) in [6.07, 6.45) is 2.70. The summed E-state index contributed by atoms with van der Waals surface area (Å²) < 4.78 is 0. The molecular formula is C6H4N2S. The maximum Gasteiger partial charge on any atom is 0.160 e. The molecule has 0 atom stereocenters. The van der Waals surface area contributed by atoms with Crippen LogP contribution in [0.1, 0.15) is 0 Å². The van der Waals surface area contributed by atoms with E-state index in [0.717, 1.165) is 0 Å². The third-order valence-electron chi connectivity index (χ3n) is 0.435. The van der Waals surface area contributed by atoms with Gasteiger partial charge >= 0.3 is 0 Å².